The van der Waals surface area contributed by atoms with Crippen molar-refractivity contribution in [3.63, 3.8) is 0 Å². The molecular weight excluding hydrogens is 252 g/mol. The van der Waals surface area contributed by atoms with Crippen LogP contribution in [0.5, 0.6) is 0 Å². The first-order valence-electron chi connectivity index (χ1n) is 5.73. The van der Waals surface area contributed by atoms with Gasteiger partial charge in [0.25, 0.3) is 0 Å². The first-order chi connectivity index (χ1) is 8.81. The first-order valence-corrected chi connectivity index (χ1v) is 5.73. The van der Waals surface area contributed by atoms with Crippen molar-refractivity contribution in [1.82, 2.24) is 0 Å². The molecule has 5 heteroatoms. The smallest absolute Gasteiger partial charge is 0.182 e. The number of anilines is 1. The highest BCUT2D eigenvalue weighted by Crippen LogP contribution is 2.33. The standard InChI is InChI=1S/C14H13F2NO2/c1-14(2,3)19-11-6-8-4-5-9(15)12(16)13(8)17-10(11)7-18/h4-6,17H,1-3H3. The van der Waals surface area contributed by atoms with Crippen molar-refractivity contribution in [3.8, 4) is 0 Å². The molecule has 19 heavy (non-hydrogen) atoms. The second kappa shape index (κ2) is 4.52. The van der Waals surface area contributed by atoms with Gasteiger partial charge in [-0.1, -0.05) is 0 Å². The number of fused-ring (bicyclic) bond motifs is 1. The zero-order chi connectivity index (χ0) is 14.2. The third-order valence-electron chi connectivity index (χ3n) is 2.43. The Kier molecular flexibility index (Phi) is 3.16. The lowest BCUT2D eigenvalue weighted by Crippen LogP contribution is -2.23. The van der Waals surface area contributed by atoms with Gasteiger partial charge < -0.3 is 10.1 Å². The van der Waals surface area contributed by atoms with E-state index in [4.69, 9.17) is 4.74 Å². The van der Waals surface area contributed by atoms with Gasteiger partial charge in [-0.05, 0) is 39.0 Å². The number of carbonyl (C=O) groups excluding carboxylic acids is 1. The molecule has 0 saturated carbocycles. The fourth-order valence-corrected chi connectivity index (χ4v) is 1.70. The fraction of sp³-hybridized carbons (Fsp3) is 0.286. The van der Waals surface area contributed by atoms with E-state index in [2.05, 4.69) is 5.32 Å². The average Bonchev–Trinajstić information content (AvgIpc) is 2.32. The molecule has 1 aromatic carbocycles. The van der Waals surface area contributed by atoms with Crippen LogP contribution in [0.15, 0.2) is 23.6 Å². The van der Waals surface area contributed by atoms with Gasteiger partial charge in [0, 0.05) is 5.56 Å². The summed E-state index contributed by atoms with van der Waals surface area (Å²) in [6.45, 7) is 5.45. The van der Waals surface area contributed by atoms with Gasteiger partial charge in [-0.15, -0.1) is 0 Å². The highest BCUT2D eigenvalue weighted by Gasteiger charge is 2.25. The quantitative estimate of drug-likeness (QED) is 0.792. The molecule has 1 aliphatic heterocycles. The summed E-state index contributed by atoms with van der Waals surface area (Å²) in [5.74, 6) is -0.124. The predicted octanol–water partition coefficient (Wildman–Crippen LogP) is 3.26. The molecule has 0 atom stereocenters. The molecule has 0 radical (unpaired) electrons. The van der Waals surface area contributed by atoms with Crippen molar-refractivity contribution in [3.05, 3.63) is 40.8 Å². The summed E-state index contributed by atoms with van der Waals surface area (Å²) in [5.41, 5.74) is -0.241. The fourth-order valence-electron chi connectivity index (χ4n) is 1.70. The molecule has 0 aliphatic carbocycles. The van der Waals surface area contributed by atoms with Crippen molar-refractivity contribution in [2.45, 2.75) is 26.4 Å². The Balaban J connectivity index is 2.53. The van der Waals surface area contributed by atoms with E-state index < -0.39 is 17.2 Å². The molecule has 100 valence electrons. The molecule has 1 heterocycles. The van der Waals surface area contributed by atoms with Crippen LogP contribution in [0, 0.1) is 11.6 Å². The predicted molar refractivity (Wildman–Crippen MR) is 68.0 cm³/mol. The second-order valence-electron chi connectivity index (χ2n) is 5.15. The first kappa shape index (κ1) is 13.3. The summed E-state index contributed by atoms with van der Waals surface area (Å²) in [4.78, 5) is 10.9. The Morgan fingerprint density at radius 2 is 1.95 bits per heavy atom. The number of nitrogens with one attached hydrogen (secondary N) is 1. The number of hydrogen-bond donors (Lipinski definition) is 1. The SMILES string of the molecule is CC(C)(C)OC1=Cc2ccc(F)c(F)c2NC1=C=O. The zero-order valence-corrected chi connectivity index (χ0v) is 10.8. The molecule has 1 aromatic rings. The highest BCUT2D eigenvalue weighted by atomic mass is 19.2. The second-order valence-corrected chi connectivity index (χ2v) is 5.15. The van der Waals surface area contributed by atoms with E-state index in [-0.39, 0.29) is 17.1 Å². The molecule has 1 N–H and O–H groups in total. The third-order valence-corrected chi connectivity index (χ3v) is 2.43. The molecule has 0 spiro atoms. The molecule has 0 saturated heterocycles. The van der Waals surface area contributed by atoms with Crippen LogP contribution < -0.4 is 5.32 Å². The Labute approximate surface area is 109 Å². The van der Waals surface area contributed by atoms with E-state index in [1.54, 1.807) is 5.94 Å². The molecule has 0 amide bonds. The van der Waals surface area contributed by atoms with E-state index in [1.807, 2.05) is 20.8 Å². The van der Waals surface area contributed by atoms with Crippen LogP contribution in [0.4, 0.5) is 14.5 Å². The van der Waals surface area contributed by atoms with Gasteiger partial charge in [-0.25, -0.2) is 13.6 Å². The van der Waals surface area contributed by atoms with Crippen LogP contribution in [0.2, 0.25) is 0 Å². The Morgan fingerprint density at radius 1 is 1.26 bits per heavy atom. The largest absolute Gasteiger partial charge is 0.485 e. The van der Waals surface area contributed by atoms with Crippen LogP contribution in [0.25, 0.3) is 6.08 Å². The molecule has 0 unspecified atom stereocenters. The number of hydrogen-bond acceptors (Lipinski definition) is 3. The van der Waals surface area contributed by atoms with Gasteiger partial charge in [0.2, 0.25) is 0 Å². The average molecular weight is 265 g/mol. The van der Waals surface area contributed by atoms with E-state index in [1.165, 1.54) is 12.1 Å². The van der Waals surface area contributed by atoms with Crippen LogP contribution in [-0.4, -0.2) is 11.5 Å². The van der Waals surface area contributed by atoms with Gasteiger partial charge in [0.15, 0.2) is 29.0 Å². The topological polar surface area (TPSA) is 38.3 Å². The normalized spacial score (nSPS) is 14.2. The Bertz CT molecular complexity index is 609. The van der Waals surface area contributed by atoms with Crippen LogP contribution >= 0.6 is 0 Å². The van der Waals surface area contributed by atoms with Crippen molar-refractivity contribution in [1.29, 1.82) is 0 Å². The minimum Gasteiger partial charge on any atom is -0.485 e. The summed E-state index contributed by atoms with van der Waals surface area (Å²) in [5, 5.41) is 2.51. The summed E-state index contributed by atoms with van der Waals surface area (Å²) in [7, 11) is 0. The van der Waals surface area contributed by atoms with Gasteiger partial charge in [0.05, 0.1) is 5.69 Å². The lowest BCUT2D eigenvalue weighted by Gasteiger charge is -2.27. The summed E-state index contributed by atoms with van der Waals surface area (Å²) < 4.78 is 32.3. The van der Waals surface area contributed by atoms with Gasteiger partial charge in [-0.2, -0.15) is 0 Å². The molecule has 3 nitrogen and oxygen atoms in total. The minimum absolute atomic E-state index is 0.0491. The molecular formula is C14H13F2NO2. The summed E-state index contributed by atoms with van der Waals surface area (Å²) in [6, 6.07) is 2.44. The maximum atomic E-state index is 13.6. The number of halogens is 2. The van der Waals surface area contributed by atoms with Crippen LogP contribution in [-0.2, 0) is 9.53 Å². The summed E-state index contributed by atoms with van der Waals surface area (Å²) >= 11 is 0. The number of ether oxygens (including phenoxy) is 1. The lowest BCUT2D eigenvalue weighted by atomic mass is 10.1. The van der Waals surface area contributed by atoms with Crippen LogP contribution in [0.1, 0.15) is 26.3 Å². The van der Waals surface area contributed by atoms with Crippen molar-refractivity contribution in [2.24, 2.45) is 0 Å². The van der Waals surface area contributed by atoms with Crippen molar-refractivity contribution >= 4 is 17.7 Å². The number of rotatable bonds is 1. The maximum Gasteiger partial charge on any atom is 0.182 e. The van der Waals surface area contributed by atoms with E-state index in [9.17, 15) is 13.6 Å². The molecule has 0 aromatic heterocycles. The summed E-state index contributed by atoms with van der Waals surface area (Å²) in [6.07, 6.45) is 1.49. The van der Waals surface area contributed by atoms with E-state index in [0.717, 1.165) is 6.07 Å². The third kappa shape index (κ3) is 2.66. The Hall–Kier alpha value is -2.13. The molecule has 2 rings (SSSR count). The van der Waals surface area contributed by atoms with E-state index >= 15 is 0 Å². The van der Waals surface area contributed by atoms with Crippen molar-refractivity contribution in [2.75, 3.05) is 5.32 Å². The van der Waals surface area contributed by atoms with Gasteiger partial charge in [-0.3, -0.25) is 0 Å². The molecule has 0 fully saturated rings. The number of benzene rings is 1. The monoisotopic (exact) mass is 265 g/mol. The van der Waals surface area contributed by atoms with Crippen LogP contribution in [0.3, 0.4) is 0 Å². The maximum absolute atomic E-state index is 13.6. The molecule has 1 aliphatic rings. The zero-order valence-electron chi connectivity index (χ0n) is 10.8. The van der Waals surface area contributed by atoms with Crippen molar-refractivity contribution < 1.29 is 18.3 Å². The van der Waals surface area contributed by atoms with Gasteiger partial charge >= 0.3 is 0 Å². The van der Waals surface area contributed by atoms with E-state index in [0.29, 0.717) is 5.56 Å². The highest BCUT2D eigenvalue weighted by molar-refractivity contribution is 5.82. The van der Waals surface area contributed by atoms with Gasteiger partial charge in [0.1, 0.15) is 5.60 Å². The minimum atomic E-state index is -1.03. The lowest BCUT2D eigenvalue weighted by molar-refractivity contribution is 0.0596. The molecule has 0 bridgehead atoms. The Morgan fingerprint density at radius 3 is 2.53 bits per heavy atom.